The molecule has 0 saturated carbocycles. The Morgan fingerprint density at radius 3 is 2.22 bits per heavy atom. The lowest BCUT2D eigenvalue weighted by atomic mass is 10.1. The van der Waals surface area contributed by atoms with Crippen LogP contribution in [0.25, 0.3) is 0 Å². The molecular formula is C20H25Cl2N3O2. The van der Waals surface area contributed by atoms with Crippen molar-refractivity contribution in [2.45, 2.75) is 26.8 Å². The summed E-state index contributed by atoms with van der Waals surface area (Å²) in [6.07, 6.45) is 0. The normalized spacial score (nSPS) is 11.3. The monoisotopic (exact) mass is 409 g/mol. The van der Waals surface area contributed by atoms with Gasteiger partial charge in [0.1, 0.15) is 6.04 Å². The second kappa shape index (κ2) is 10.3. The Bertz CT molecular complexity index is 790. The van der Waals surface area contributed by atoms with Crippen molar-refractivity contribution >= 4 is 41.5 Å². The van der Waals surface area contributed by atoms with Crippen LogP contribution in [-0.2, 0) is 4.79 Å². The molecule has 5 nitrogen and oxygen atoms in total. The van der Waals surface area contributed by atoms with Crippen LogP contribution in [-0.4, -0.2) is 29.8 Å². The van der Waals surface area contributed by atoms with Crippen LogP contribution in [0.3, 0.4) is 0 Å². The van der Waals surface area contributed by atoms with E-state index in [1.54, 1.807) is 23.1 Å². The summed E-state index contributed by atoms with van der Waals surface area (Å²) in [5.41, 5.74) is 8.76. The van der Waals surface area contributed by atoms with Crippen LogP contribution >= 0.6 is 24.0 Å². The minimum atomic E-state index is -0.786. The van der Waals surface area contributed by atoms with Crippen LogP contribution in [0.4, 0.5) is 5.69 Å². The molecule has 2 aromatic carbocycles. The Morgan fingerprint density at radius 1 is 1.11 bits per heavy atom. The molecule has 0 aliphatic heterocycles. The van der Waals surface area contributed by atoms with E-state index in [0.717, 1.165) is 11.1 Å². The average molecular weight is 410 g/mol. The van der Waals surface area contributed by atoms with Gasteiger partial charge in [0.25, 0.3) is 5.91 Å². The lowest BCUT2D eigenvalue weighted by Crippen LogP contribution is -2.30. The molecule has 1 atom stereocenters. The molecule has 1 unspecified atom stereocenters. The third-order valence-corrected chi connectivity index (χ3v) is 4.55. The van der Waals surface area contributed by atoms with Gasteiger partial charge in [-0.1, -0.05) is 41.4 Å². The minimum absolute atomic E-state index is 0. The number of anilines is 1. The predicted molar refractivity (Wildman–Crippen MR) is 113 cm³/mol. The summed E-state index contributed by atoms with van der Waals surface area (Å²) in [6.45, 7) is 7.01. The molecule has 2 amide bonds. The molecule has 7 heteroatoms. The van der Waals surface area contributed by atoms with Crippen molar-refractivity contribution in [2.75, 3.05) is 18.4 Å². The van der Waals surface area contributed by atoms with Crippen LogP contribution in [0.2, 0.25) is 5.02 Å². The second-order valence-corrected chi connectivity index (χ2v) is 6.46. The number of hydrogen-bond acceptors (Lipinski definition) is 3. The Labute approximate surface area is 171 Å². The number of halogens is 2. The van der Waals surface area contributed by atoms with Crippen molar-refractivity contribution in [2.24, 2.45) is 5.73 Å². The number of nitrogens with two attached hydrogens (primary N) is 1. The Balaban J connectivity index is 0.00000364. The number of benzene rings is 2. The lowest BCUT2D eigenvalue weighted by Gasteiger charge is -2.19. The Hall–Kier alpha value is -2.08. The highest BCUT2D eigenvalue weighted by atomic mass is 35.5. The van der Waals surface area contributed by atoms with E-state index in [2.05, 4.69) is 5.32 Å². The minimum Gasteiger partial charge on any atom is -0.339 e. The third-order valence-electron chi connectivity index (χ3n) is 4.24. The quantitative estimate of drug-likeness (QED) is 0.750. The SMILES string of the molecule is CCN(CC)C(=O)c1ccc(NC(=O)C(N)c2ccc(C)cc2)cc1Cl.Cl. The molecule has 2 aromatic rings. The van der Waals surface area contributed by atoms with Crippen LogP contribution in [0, 0.1) is 6.92 Å². The van der Waals surface area contributed by atoms with E-state index in [9.17, 15) is 9.59 Å². The van der Waals surface area contributed by atoms with Crippen molar-refractivity contribution in [1.29, 1.82) is 0 Å². The first kappa shape index (κ1) is 23.0. The number of amides is 2. The first-order valence-electron chi connectivity index (χ1n) is 8.59. The van der Waals surface area contributed by atoms with E-state index < -0.39 is 6.04 Å². The number of hydrogen-bond donors (Lipinski definition) is 2. The topological polar surface area (TPSA) is 75.4 Å². The van der Waals surface area contributed by atoms with Crippen LogP contribution in [0.15, 0.2) is 42.5 Å². The van der Waals surface area contributed by atoms with Gasteiger partial charge in [-0.3, -0.25) is 9.59 Å². The van der Waals surface area contributed by atoms with E-state index in [1.807, 2.05) is 45.0 Å². The number of rotatable bonds is 6. The largest absolute Gasteiger partial charge is 0.339 e. The smallest absolute Gasteiger partial charge is 0.255 e. The summed E-state index contributed by atoms with van der Waals surface area (Å²) >= 11 is 6.25. The fraction of sp³-hybridized carbons (Fsp3) is 0.300. The molecule has 0 aliphatic rings. The number of nitrogens with zero attached hydrogens (tertiary/aromatic N) is 1. The summed E-state index contributed by atoms with van der Waals surface area (Å²) < 4.78 is 0. The number of aryl methyl sites for hydroxylation is 1. The van der Waals surface area contributed by atoms with Gasteiger partial charge in [0.15, 0.2) is 0 Å². The van der Waals surface area contributed by atoms with Crippen molar-refractivity contribution in [3.8, 4) is 0 Å². The predicted octanol–water partition coefficient (Wildman–Crippen LogP) is 4.19. The molecule has 0 aromatic heterocycles. The van der Waals surface area contributed by atoms with E-state index >= 15 is 0 Å². The zero-order chi connectivity index (χ0) is 19.3. The van der Waals surface area contributed by atoms with Gasteiger partial charge in [-0.15, -0.1) is 12.4 Å². The highest BCUT2D eigenvalue weighted by Gasteiger charge is 2.19. The van der Waals surface area contributed by atoms with E-state index in [-0.39, 0.29) is 24.2 Å². The van der Waals surface area contributed by atoms with Crippen molar-refractivity contribution in [3.63, 3.8) is 0 Å². The average Bonchev–Trinajstić information content (AvgIpc) is 2.62. The fourth-order valence-electron chi connectivity index (χ4n) is 2.59. The molecule has 0 heterocycles. The van der Waals surface area contributed by atoms with Crippen LogP contribution < -0.4 is 11.1 Å². The molecule has 0 spiro atoms. The van der Waals surface area contributed by atoms with Gasteiger partial charge >= 0.3 is 0 Å². The zero-order valence-electron chi connectivity index (χ0n) is 15.7. The van der Waals surface area contributed by atoms with Crippen LogP contribution in [0.1, 0.15) is 41.4 Å². The summed E-state index contributed by atoms with van der Waals surface area (Å²) in [6, 6.07) is 11.5. The maximum absolute atomic E-state index is 12.4. The summed E-state index contributed by atoms with van der Waals surface area (Å²) in [4.78, 5) is 26.5. The maximum Gasteiger partial charge on any atom is 0.255 e. The molecular weight excluding hydrogens is 385 g/mol. The lowest BCUT2D eigenvalue weighted by molar-refractivity contribution is -0.117. The van der Waals surface area contributed by atoms with Gasteiger partial charge in [-0.25, -0.2) is 0 Å². The van der Waals surface area contributed by atoms with E-state index in [0.29, 0.717) is 29.4 Å². The molecule has 0 bridgehead atoms. The van der Waals surface area contributed by atoms with Gasteiger partial charge in [-0.05, 0) is 44.5 Å². The highest BCUT2D eigenvalue weighted by Crippen LogP contribution is 2.23. The highest BCUT2D eigenvalue weighted by molar-refractivity contribution is 6.34. The van der Waals surface area contributed by atoms with Gasteiger partial charge in [-0.2, -0.15) is 0 Å². The van der Waals surface area contributed by atoms with E-state index in [1.165, 1.54) is 0 Å². The van der Waals surface area contributed by atoms with Gasteiger partial charge in [0.2, 0.25) is 5.91 Å². The zero-order valence-corrected chi connectivity index (χ0v) is 17.2. The fourth-order valence-corrected chi connectivity index (χ4v) is 2.85. The molecule has 0 aliphatic carbocycles. The Morgan fingerprint density at radius 2 is 1.70 bits per heavy atom. The number of carbonyl (C=O) groups is 2. The molecule has 0 saturated heterocycles. The maximum atomic E-state index is 12.4. The van der Waals surface area contributed by atoms with Crippen molar-refractivity contribution in [3.05, 3.63) is 64.2 Å². The standard InChI is InChI=1S/C20H24ClN3O2.ClH/c1-4-24(5-2)20(26)16-11-10-15(12-17(16)21)23-19(25)18(22)14-8-6-13(3)7-9-14;/h6-12,18H,4-5,22H2,1-3H3,(H,23,25);1H. The molecule has 0 radical (unpaired) electrons. The van der Waals surface area contributed by atoms with Crippen molar-refractivity contribution < 1.29 is 9.59 Å². The third kappa shape index (κ3) is 5.70. The summed E-state index contributed by atoms with van der Waals surface area (Å²) in [5, 5.41) is 3.04. The molecule has 2 rings (SSSR count). The second-order valence-electron chi connectivity index (χ2n) is 6.05. The first-order chi connectivity index (χ1) is 12.4. The molecule has 27 heavy (non-hydrogen) atoms. The van der Waals surface area contributed by atoms with E-state index in [4.69, 9.17) is 17.3 Å². The van der Waals surface area contributed by atoms with Crippen molar-refractivity contribution in [1.82, 2.24) is 4.90 Å². The van der Waals surface area contributed by atoms with Gasteiger partial charge < -0.3 is 16.0 Å². The summed E-state index contributed by atoms with van der Waals surface area (Å²) in [5.74, 6) is -0.470. The van der Waals surface area contributed by atoms with Crippen LogP contribution in [0.5, 0.6) is 0 Å². The first-order valence-corrected chi connectivity index (χ1v) is 8.97. The molecule has 3 N–H and O–H groups in total. The summed E-state index contributed by atoms with van der Waals surface area (Å²) in [7, 11) is 0. The Kier molecular flexibility index (Phi) is 8.76. The van der Waals surface area contributed by atoms with Gasteiger partial charge in [0.05, 0.1) is 10.6 Å². The van der Waals surface area contributed by atoms with Gasteiger partial charge in [0, 0.05) is 18.8 Å². The number of nitrogens with one attached hydrogen (secondary N) is 1. The molecule has 146 valence electrons. The number of carbonyl (C=O) groups excluding carboxylic acids is 2. The molecule has 0 fully saturated rings.